The number of ether oxygens (including phenoxy) is 1. The van der Waals surface area contributed by atoms with E-state index in [1.165, 1.54) is 7.11 Å². The molecule has 31 heavy (non-hydrogen) atoms. The molecule has 5 rings (SSSR count). The highest BCUT2D eigenvalue weighted by molar-refractivity contribution is 6.31. The summed E-state index contributed by atoms with van der Waals surface area (Å²) in [5.74, 6) is -0.560. The zero-order valence-corrected chi connectivity index (χ0v) is 17.5. The van der Waals surface area contributed by atoms with Crippen LogP contribution >= 0.6 is 11.6 Å². The van der Waals surface area contributed by atoms with Gasteiger partial charge in [0.1, 0.15) is 5.58 Å². The fraction of sp³-hybridized carbons (Fsp3) is 0.120. The number of Topliss-reactive ketones (excluding diaryl/α,β-unsaturated/α-hetero) is 1. The van der Waals surface area contributed by atoms with Gasteiger partial charge in [0.25, 0.3) is 0 Å². The number of carbonyl (C=O) groups is 2. The Hall–Kier alpha value is -3.57. The van der Waals surface area contributed by atoms with Crippen molar-refractivity contribution in [3.05, 3.63) is 77.4 Å². The Morgan fingerprint density at radius 3 is 2.61 bits per heavy atom. The molecule has 0 unspecified atom stereocenters. The number of nitrogens with zero attached hydrogens (tertiary/aromatic N) is 1. The van der Waals surface area contributed by atoms with Crippen molar-refractivity contribution in [2.75, 3.05) is 7.11 Å². The first-order valence-electron chi connectivity index (χ1n) is 9.88. The lowest BCUT2D eigenvalue weighted by Gasteiger charge is -2.06. The van der Waals surface area contributed by atoms with Gasteiger partial charge in [-0.25, -0.2) is 0 Å². The second-order valence-electron chi connectivity index (χ2n) is 7.33. The van der Waals surface area contributed by atoms with Gasteiger partial charge in [-0.3, -0.25) is 9.59 Å². The number of furan rings is 1. The smallest absolute Gasteiger partial charge is 0.305 e. The molecule has 5 aromatic rings. The zero-order valence-electron chi connectivity index (χ0n) is 16.7. The Bertz CT molecular complexity index is 1480. The predicted molar refractivity (Wildman–Crippen MR) is 121 cm³/mol. The highest BCUT2D eigenvalue weighted by Gasteiger charge is 2.20. The third-order valence-corrected chi connectivity index (χ3v) is 5.73. The number of hydrogen-bond acceptors (Lipinski definition) is 4. The van der Waals surface area contributed by atoms with E-state index in [0.717, 1.165) is 38.5 Å². The van der Waals surface area contributed by atoms with Crippen molar-refractivity contribution in [2.24, 2.45) is 0 Å². The molecule has 5 nitrogen and oxygen atoms in total. The molecule has 3 aromatic carbocycles. The Morgan fingerprint density at radius 2 is 1.77 bits per heavy atom. The van der Waals surface area contributed by atoms with E-state index in [2.05, 4.69) is 4.74 Å². The van der Waals surface area contributed by atoms with Crippen LogP contribution in [0.5, 0.6) is 0 Å². The van der Waals surface area contributed by atoms with E-state index in [1.807, 2.05) is 53.1 Å². The summed E-state index contributed by atoms with van der Waals surface area (Å²) >= 11 is 6.24. The maximum absolute atomic E-state index is 13.0. The molecule has 0 atom stereocenters. The molecular formula is C25H18ClNO4. The van der Waals surface area contributed by atoms with E-state index in [-0.39, 0.29) is 18.6 Å². The minimum atomic E-state index is -0.415. The van der Waals surface area contributed by atoms with Crippen LogP contribution in [0.4, 0.5) is 0 Å². The number of halogens is 1. The van der Waals surface area contributed by atoms with Gasteiger partial charge in [0.2, 0.25) is 0 Å². The van der Waals surface area contributed by atoms with Crippen LogP contribution in [-0.4, -0.2) is 23.4 Å². The second kappa shape index (κ2) is 7.60. The lowest BCUT2D eigenvalue weighted by molar-refractivity contribution is -0.140. The second-order valence-corrected chi connectivity index (χ2v) is 7.76. The van der Waals surface area contributed by atoms with E-state index in [1.54, 1.807) is 18.3 Å². The van der Waals surface area contributed by atoms with Crippen LogP contribution in [0.25, 0.3) is 38.5 Å². The van der Waals surface area contributed by atoms with Crippen molar-refractivity contribution < 1.29 is 18.7 Å². The van der Waals surface area contributed by atoms with Gasteiger partial charge in [-0.15, -0.1) is 0 Å². The number of aromatic nitrogens is 1. The molecule has 6 heteroatoms. The van der Waals surface area contributed by atoms with E-state index in [4.69, 9.17) is 16.0 Å². The highest BCUT2D eigenvalue weighted by Crippen LogP contribution is 2.35. The van der Waals surface area contributed by atoms with Crippen LogP contribution in [-0.2, 0) is 9.53 Å². The first-order valence-corrected chi connectivity index (χ1v) is 10.3. The molecule has 154 valence electrons. The number of ketones is 1. The number of methoxy groups -OCH3 is 1. The summed E-state index contributed by atoms with van der Waals surface area (Å²) in [7, 11) is 1.31. The molecular weight excluding hydrogens is 414 g/mol. The van der Waals surface area contributed by atoms with E-state index < -0.39 is 5.97 Å². The zero-order chi connectivity index (χ0) is 21.5. The maximum atomic E-state index is 13.0. The molecule has 0 N–H and O–H groups in total. The number of fused-ring (bicyclic) bond motifs is 4. The van der Waals surface area contributed by atoms with Gasteiger partial charge in [0.05, 0.1) is 24.7 Å². The van der Waals surface area contributed by atoms with Crippen molar-refractivity contribution in [1.82, 2.24) is 4.57 Å². The standard InChI is InChI=1S/C25H18ClNO4/c1-30-24(29)12-11-22(28)19-14-27(20-10-9-15(26)13-18(19)20)21-7-4-6-17-16-5-2-3-8-23(16)31-25(17)21/h2-10,13-14H,11-12H2,1H3. The molecule has 2 heterocycles. The molecule has 0 spiro atoms. The third kappa shape index (κ3) is 3.27. The van der Waals surface area contributed by atoms with Gasteiger partial charge in [0.15, 0.2) is 11.4 Å². The Labute approximate surface area is 182 Å². The summed E-state index contributed by atoms with van der Waals surface area (Å²) in [6.07, 6.45) is 1.89. The molecule has 0 amide bonds. The molecule has 0 radical (unpaired) electrons. The quantitative estimate of drug-likeness (QED) is 0.241. The third-order valence-electron chi connectivity index (χ3n) is 5.49. The van der Waals surface area contributed by atoms with Gasteiger partial charge >= 0.3 is 5.97 Å². The molecule has 0 aliphatic carbocycles. The normalized spacial score (nSPS) is 11.4. The molecule has 0 bridgehead atoms. The average Bonchev–Trinajstić information content (AvgIpc) is 3.35. The van der Waals surface area contributed by atoms with Crippen molar-refractivity contribution in [3.8, 4) is 5.69 Å². The largest absolute Gasteiger partial charge is 0.469 e. The van der Waals surface area contributed by atoms with E-state index in [0.29, 0.717) is 10.6 Å². The molecule has 0 saturated heterocycles. The SMILES string of the molecule is COC(=O)CCC(=O)c1cn(-c2cccc3c2oc2ccccc23)c2ccc(Cl)cc12. The van der Waals surface area contributed by atoms with Gasteiger partial charge in [0, 0.05) is 39.4 Å². The molecule has 0 aliphatic heterocycles. The topological polar surface area (TPSA) is 61.4 Å². The summed E-state index contributed by atoms with van der Waals surface area (Å²) < 4.78 is 12.8. The Kier molecular flexibility index (Phi) is 4.75. The summed E-state index contributed by atoms with van der Waals surface area (Å²) in [4.78, 5) is 24.5. The fourth-order valence-electron chi connectivity index (χ4n) is 4.00. The summed E-state index contributed by atoms with van der Waals surface area (Å²) in [5.41, 5.74) is 3.71. The lowest BCUT2D eigenvalue weighted by atomic mass is 10.1. The van der Waals surface area contributed by atoms with Crippen molar-refractivity contribution in [1.29, 1.82) is 0 Å². The Morgan fingerprint density at radius 1 is 0.968 bits per heavy atom. The highest BCUT2D eigenvalue weighted by atomic mass is 35.5. The number of benzene rings is 3. The van der Waals surface area contributed by atoms with Crippen LogP contribution in [0.2, 0.25) is 5.02 Å². The number of hydrogen-bond donors (Lipinski definition) is 0. The molecule has 0 aliphatic rings. The van der Waals surface area contributed by atoms with Gasteiger partial charge in [-0.1, -0.05) is 41.9 Å². The number of para-hydroxylation sites is 2. The molecule has 2 aromatic heterocycles. The molecule has 0 saturated carbocycles. The predicted octanol–water partition coefficient (Wildman–Crippen LogP) is 6.32. The van der Waals surface area contributed by atoms with Gasteiger partial charge in [-0.05, 0) is 30.3 Å². The monoisotopic (exact) mass is 431 g/mol. The fourth-order valence-corrected chi connectivity index (χ4v) is 4.17. The minimum absolute atomic E-state index is 0.0295. The van der Waals surface area contributed by atoms with Crippen LogP contribution in [0.1, 0.15) is 23.2 Å². The lowest BCUT2D eigenvalue weighted by Crippen LogP contribution is -2.05. The summed E-state index contributed by atoms with van der Waals surface area (Å²) in [5, 5.41) is 3.31. The average molecular weight is 432 g/mol. The summed E-state index contributed by atoms with van der Waals surface area (Å²) in [6, 6.07) is 19.3. The number of rotatable bonds is 5. The summed E-state index contributed by atoms with van der Waals surface area (Å²) in [6.45, 7) is 0. The van der Waals surface area contributed by atoms with Gasteiger partial charge < -0.3 is 13.7 Å². The van der Waals surface area contributed by atoms with Crippen LogP contribution < -0.4 is 0 Å². The molecule has 0 fully saturated rings. The van der Waals surface area contributed by atoms with Gasteiger partial charge in [-0.2, -0.15) is 0 Å². The van der Waals surface area contributed by atoms with E-state index in [9.17, 15) is 9.59 Å². The van der Waals surface area contributed by atoms with Crippen molar-refractivity contribution >= 4 is 56.2 Å². The number of esters is 1. The maximum Gasteiger partial charge on any atom is 0.305 e. The minimum Gasteiger partial charge on any atom is -0.469 e. The number of carbonyl (C=O) groups excluding carboxylic acids is 2. The van der Waals surface area contributed by atoms with Crippen molar-refractivity contribution in [3.63, 3.8) is 0 Å². The van der Waals surface area contributed by atoms with Crippen LogP contribution in [0.3, 0.4) is 0 Å². The van der Waals surface area contributed by atoms with Crippen LogP contribution in [0.15, 0.2) is 71.3 Å². The van der Waals surface area contributed by atoms with E-state index >= 15 is 0 Å². The van der Waals surface area contributed by atoms with Crippen LogP contribution in [0, 0.1) is 0 Å². The van der Waals surface area contributed by atoms with Crippen molar-refractivity contribution in [2.45, 2.75) is 12.8 Å². The first kappa shape index (κ1) is 19.4. The first-order chi connectivity index (χ1) is 15.1. The Balaban J connectivity index is 1.71.